The van der Waals surface area contributed by atoms with Gasteiger partial charge in [-0.2, -0.15) is 8.42 Å². The van der Waals surface area contributed by atoms with Gasteiger partial charge in [0.15, 0.2) is 0 Å². The lowest BCUT2D eigenvalue weighted by Crippen LogP contribution is -2.63. The van der Waals surface area contributed by atoms with Crippen LogP contribution in [-0.2, 0) is 21.6 Å². The number of alkyl carbamates (subject to hydrolysis) is 1. The Morgan fingerprint density at radius 1 is 1.11 bits per heavy atom. The zero-order valence-electron chi connectivity index (χ0n) is 14.7. The Labute approximate surface area is 162 Å². The highest BCUT2D eigenvalue weighted by molar-refractivity contribution is 7.91. The highest BCUT2D eigenvalue weighted by Crippen LogP contribution is 2.10. The lowest BCUT2D eigenvalue weighted by molar-refractivity contribution is 0.109. The van der Waals surface area contributed by atoms with Crippen molar-refractivity contribution in [2.75, 3.05) is 17.8 Å². The molecule has 3 N–H and O–H groups in total. The standard InChI is InChI=1S/C17H19N5O5S/c23-16(21-28(25,26)20-14-6-8-18-9-7-14)22-10-15(11-22)19-17(24)27-12-13-4-2-1-3-5-13/h1-9,15H,10-12H2,(H,18,20)(H,19,24)(H,21,23). The summed E-state index contributed by atoms with van der Waals surface area (Å²) in [6.45, 7) is 0.497. The number of aromatic nitrogens is 1. The van der Waals surface area contributed by atoms with Crippen LogP contribution in [0.2, 0.25) is 0 Å². The van der Waals surface area contributed by atoms with Gasteiger partial charge in [0.25, 0.3) is 0 Å². The summed E-state index contributed by atoms with van der Waals surface area (Å²) >= 11 is 0. The molecule has 0 radical (unpaired) electrons. The molecule has 1 saturated heterocycles. The highest BCUT2D eigenvalue weighted by atomic mass is 32.2. The van der Waals surface area contributed by atoms with Gasteiger partial charge in [-0.15, -0.1) is 0 Å². The lowest BCUT2D eigenvalue weighted by atomic mass is 10.1. The van der Waals surface area contributed by atoms with Crippen LogP contribution in [0.15, 0.2) is 54.9 Å². The average molecular weight is 405 g/mol. The quantitative estimate of drug-likeness (QED) is 0.659. The monoisotopic (exact) mass is 405 g/mol. The predicted molar refractivity (Wildman–Crippen MR) is 100 cm³/mol. The molecule has 10 nitrogen and oxygen atoms in total. The van der Waals surface area contributed by atoms with Crippen LogP contribution in [0.5, 0.6) is 0 Å². The summed E-state index contributed by atoms with van der Waals surface area (Å²) in [5, 5.41) is 2.62. The van der Waals surface area contributed by atoms with Gasteiger partial charge in [-0.1, -0.05) is 30.3 Å². The molecule has 0 saturated carbocycles. The van der Waals surface area contributed by atoms with Crippen molar-refractivity contribution in [3.8, 4) is 0 Å². The van der Waals surface area contributed by atoms with Crippen molar-refractivity contribution >= 4 is 28.0 Å². The van der Waals surface area contributed by atoms with E-state index in [1.165, 1.54) is 29.4 Å². The van der Waals surface area contributed by atoms with Gasteiger partial charge in [0.2, 0.25) is 0 Å². The molecule has 3 amide bonds. The number of urea groups is 1. The van der Waals surface area contributed by atoms with Gasteiger partial charge in [0.1, 0.15) is 6.61 Å². The molecule has 28 heavy (non-hydrogen) atoms. The van der Waals surface area contributed by atoms with Gasteiger partial charge in [-0.3, -0.25) is 9.71 Å². The van der Waals surface area contributed by atoms with Crippen molar-refractivity contribution in [2.24, 2.45) is 0 Å². The Morgan fingerprint density at radius 2 is 1.79 bits per heavy atom. The van der Waals surface area contributed by atoms with Crippen LogP contribution in [0, 0.1) is 0 Å². The molecule has 1 aliphatic rings. The van der Waals surface area contributed by atoms with Crippen LogP contribution in [-0.4, -0.2) is 49.6 Å². The molecular formula is C17H19N5O5S. The number of anilines is 1. The Balaban J connectivity index is 1.38. The molecule has 1 fully saturated rings. The van der Waals surface area contributed by atoms with Crippen LogP contribution in [0.3, 0.4) is 0 Å². The molecular weight excluding hydrogens is 386 g/mol. The molecule has 2 heterocycles. The van der Waals surface area contributed by atoms with Crippen molar-refractivity contribution in [1.82, 2.24) is 19.9 Å². The fourth-order valence-corrected chi connectivity index (χ4v) is 3.30. The second-order valence-electron chi connectivity index (χ2n) is 6.06. The summed E-state index contributed by atoms with van der Waals surface area (Å²) in [4.78, 5) is 28.8. The second-order valence-corrected chi connectivity index (χ2v) is 7.47. The van der Waals surface area contributed by atoms with E-state index in [0.29, 0.717) is 0 Å². The van der Waals surface area contributed by atoms with E-state index in [-0.39, 0.29) is 31.4 Å². The number of hydrogen-bond acceptors (Lipinski definition) is 6. The topological polar surface area (TPSA) is 130 Å². The van der Waals surface area contributed by atoms with E-state index in [9.17, 15) is 18.0 Å². The van der Waals surface area contributed by atoms with Crippen LogP contribution in [0.1, 0.15) is 5.56 Å². The van der Waals surface area contributed by atoms with Crippen LogP contribution < -0.4 is 14.8 Å². The van der Waals surface area contributed by atoms with Crippen LogP contribution in [0.4, 0.5) is 15.3 Å². The SMILES string of the molecule is O=C(NC1CN(C(=O)NS(=O)(=O)Nc2ccncc2)C1)OCc1ccccc1. The highest BCUT2D eigenvalue weighted by Gasteiger charge is 2.33. The van der Waals surface area contributed by atoms with E-state index >= 15 is 0 Å². The Bertz CT molecular complexity index is 917. The summed E-state index contributed by atoms with van der Waals surface area (Å²) < 4.78 is 33.1. The molecule has 0 aliphatic carbocycles. The van der Waals surface area contributed by atoms with E-state index in [1.54, 1.807) is 0 Å². The molecule has 0 unspecified atom stereocenters. The number of ether oxygens (including phenoxy) is 1. The van der Waals surface area contributed by atoms with Crippen molar-refractivity contribution < 1.29 is 22.7 Å². The smallest absolute Gasteiger partial charge is 0.407 e. The molecule has 1 aromatic carbocycles. The summed E-state index contributed by atoms with van der Waals surface area (Å²) in [5.41, 5.74) is 1.14. The summed E-state index contributed by atoms with van der Waals surface area (Å²) in [6.07, 6.45) is 2.24. The third kappa shape index (κ3) is 5.58. The fourth-order valence-electron chi connectivity index (χ4n) is 2.45. The third-order valence-electron chi connectivity index (χ3n) is 3.86. The molecule has 11 heteroatoms. The van der Waals surface area contributed by atoms with E-state index in [0.717, 1.165) is 5.56 Å². The predicted octanol–water partition coefficient (Wildman–Crippen LogP) is 1.06. The maximum absolute atomic E-state index is 12.0. The second kappa shape index (κ2) is 8.57. The maximum Gasteiger partial charge on any atom is 0.407 e. The van der Waals surface area contributed by atoms with Gasteiger partial charge >= 0.3 is 22.3 Å². The summed E-state index contributed by atoms with van der Waals surface area (Å²) in [5.74, 6) is 0. The Morgan fingerprint density at radius 3 is 2.46 bits per heavy atom. The average Bonchev–Trinajstić information content (AvgIpc) is 2.63. The number of benzene rings is 1. The number of likely N-dealkylation sites (tertiary alicyclic amines) is 1. The van der Waals surface area contributed by atoms with E-state index in [2.05, 4.69) is 15.0 Å². The first-order valence-corrected chi connectivity index (χ1v) is 9.86. The number of carbonyl (C=O) groups is 2. The van der Waals surface area contributed by atoms with Crippen LogP contribution >= 0.6 is 0 Å². The van der Waals surface area contributed by atoms with Gasteiger partial charge in [-0.25, -0.2) is 14.3 Å². The number of nitrogens with one attached hydrogen (secondary N) is 3. The number of nitrogens with zero attached hydrogens (tertiary/aromatic N) is 2. The summed E-state index contributed by atoms with van der Waals surface area (Å²) in [7, 11) is -4.07. The first kappa shape index (κ1) is 19.4. The van der Waals surface area contributed by atoms with Gasteiger partial charge in [-0.05, 0) is 17.7 Å². The van der Waals surface area contributed by atoms with Crippen molar-refractivity contribution in [3.05, 3.63) is 60.4 Å². The summed E-state index contributed by atoms with van der Waals surface area (Å²) in [6, 6.07) is 11.1. The molecule has 3 rings (SSSR count). The van der Waals surface area contributed by atoms with Crippen molar-refractivity contribution in [1.29, 1.82) is 0 Å². The Kier molecular flexibility index (Phi) is 5.94. The van der Waals surface area contributed by atoms with Crippen LogP contribution in [0.25, 0.3) is 0 Å². The van der Waals surface area contributed by atoms with E-state index < -0.39 is 22.3 Å². The minimum atomic E-state index is -4.07. The fraction of sp³-hybridized carbons (Fsp3) is 0.235. The van der Waals surface area contributed by atoms with Crippen molar-refractivity contribution in [2.45, 2.75) is 12.6 Å². The number of pyridine rings is 1. The van der Waals surface area contributed by atoms with Gasteiger partial charge in [0, 0.05) is 25.5 Å². The Hall–Kier alpha value is -3.34. The lowest BCUT2D eigenvalue weighted by Gasteiger charge is -2.38. The zero-order chi connectivity index (χ0) is 20.0. The van der Waals surface area contributed by atoms with E-state index in [1.807, 2.05) is 35.1 Å². The van der Waals surface area contributed by atoms with Gasteiger partial charge < -0.3 is 15.0 Å². The third-order valence-corrected chi connectivity index (χ3v) is 4.81. The molecule has 0 bridgehead atoms. The normalized spacial score (nSPS) is 13.9. The zero-order valence-corrected chi connectivity index (χ0v) is 15.6. The minimum Gasteiger partial charge on any atom is -0.445 e. The molecule has 1 aromatic heterocycles. The van der Waals surface area contributed by atoms with E-state index in [4.69, 9.17) is 4.74 Å². The largest absolute Gasteiger partial charge is 0.445 e. The number of amides is 3. The molecule has 148 valence electrons. The molecule has 0 atom stereocenters. The van der Waals surface area contributed by atoms with Gasteiger partial charge in [0.05, 0.1) is 11.7 Å². The first-order chi connectivity index (χ1) is 13.4. The number of carbonyl (C=O) groups excluding carboxylic acids is 2. The number of hydrogen-bond donors (Lipinski definition) is 3. The maximum atomic E-state index is 12.0. The molecule has 0 spiro atoms. The molecule has 2 aromatic rings. The number of rotatable bonds is 6. The molecule has 1 aliphatic heterocycles. The van der Waals surface area contributed by atoms with Crippen molar-refractivity contribution in [3.63, 3.8) is 0 Å². The minimum absolute atomic E-state index is 0.141. The first-order valence-electron chi connectivity index (χ1n) is 8.38.